The molecule has 2 atom stereocenters. The van der Waals surface area contributed by atoms with Gasteiger partial charge in [-0.1, -0.05) is 42.5 Å². The Balaban J connectivity index is 1.99. The number of hydrogen-bond acceptors (Lipinski definition) is 2. The Morgan fingerprint density at radius 2 is 1.32 bits per heavy atom. The standard InChI is InChI=1S/C17H18F3NO/c1-12(14-6-4-3-5-7-14)21-13(2)15-8-10-16(11-9-15)22-17(18,19)20/h3-13,21H,1-2H3. The highest BCUT2D eigenvalue weighted by Gasteiger charge is 2.31. The minimum Gasteiger partial charge on any atom is -0.406 e. The van der Waals surface area contributed by atoms with E-state index in [1.165, 1.54) is 12.1 Å². The summed E-state index contributed by atoms with van der Waals surface area (Å²) in [6.07, 6.45) is -4.66. The van der Waals surface area contributed by atoms with Crippen LogP contribution in [0.5, 0.6) is 5.75 Å². The second-order valence-corrected chi connectivity index (χ2v) is 5.14. The molecule has 1 N–H and O–H groups in total. The predicted molar refractivity (Wildman–Crippen MR) is 79.5 cm³/mol. The fraction of sp³-hybridized carbons (Fsp3) is 0.294. The van der Waals surface area contributed by atoms with Gasteiger partial charge in [-0.15, -0.1) is 13.2 Å². The maximum Gasteiger partial charge on any atom is 0.573 e. The Morgan fingerprint density at radius 3 is 1.82 bits per heavy atom. The molecule has 5 heteroatoms. The van der Waals surface area contributed by atoms with Crippen molar-refractivity contribution in [2.24, 2.45) is 0 Å². The Labute approximate surface area is 127 Å². The molecule has 0 saturated carbocycles. The molecule has 2 unspecified atom stereocenters. The summed E-state index contributed by atoms with van der Waals surface area (Å²) in [6.45, 7) is 4.02. The van der Waals surface area contributed by atoms with Gasteiger partial charge in [0.2, 0.25) is 0 Å². The van der Waals surface area contributed by atoms with Crippen molar-refractivity contribution in [2.45, 2.75) is 32.3 Å². The van der Waals surface area contributed by atoms with Gasteiger partial charge >= 0.3 is 6.36 Å². The Hall–Kier alpha value is -2.01. The number of nitrogens with one attached hydrogen (secondary N) is 1. The molecular formula is C17H18F3NO. The first-order valence-electron chi connectivity index (χ1n) is 7.02. The molecule has 22 heavy (non-hydrogen) atoms. The molecule has 0 radical (unpaired) electrons. The molecule has 0 heterocycles. The van der Waals surface area contributed by atoms with E-state index in [0.29, 0.717) is 0 Å². The van der Waals surface area contributed by atoms with E-state index in [1.807, 2.05) is 44.2 Å². The van der Waals surface area contributed by atoms with E-state index < -0.39 is 6.36 Å². The SMILES string of the molecule is CC(NC(C)c1ccc(OC(F)(F)F)cc1)c1ccccc1. The summed E-state index contributed by atoms with van der Waals surface area (Å²) in [5, 5.41) is 3.42. The number of alkyl halides is 3. The molecule has 2 aromatic rings. The third-order valence-electron chi connectivity index (χ3n) is 3.41. The molecule has 2 aromatic carbocycles. The first-order valence-corrected chi connectivity index (χ1v) is 7.02. The monoisotopic (exact) mass is 309 g/mol. The van der Waals surface area contributed by atoms with Gasteiger partial charge in [0, 0.05) is 12.1 Å². The summed E-state index contributed by atoms with van der Waals surface area (Å²) >= 11 is 0. The zero-order chi connectivity index (χ0) is 16.2. The highest BCUT2D eigenvalue weighted by molar-refractivity contribution is 5.29. The summed E-state index contributed by atoms with van der Waals surface area (Å²) in [6, 6.07) is 16.0. The zero-order valence-corrected chi connectivity index (χ0v) is 12.4. The molecule has 0 aromatic heterocycles. The molecule has 0 spiro atoms. The van der Waals surface area contributed by atoms with E-state index in [-0.39, 0.29) is 17.8 Å². The van der Waals surface area contributed by atoms with Crippen LogP contribution in [0.1, 0.15) is 37.1 Å². The van der Waals surface area contributed by atoms with E-state index in [9.17, 15) is 13.2 Å². The largest absolute Gasteiger partial charge is 0.573 e. The minimum atomic E-state index is -4.66. The average Bonchev–Trinajstić information content (AvgIpc) is 2.47. The average molecular weight is 309 g/mol. The Kier molecular flexibility index (Phi) is 5.08. The normalized spacial score (nSPS) is 14.4. The lowest BCUT2D eigenvalue weighted by atomic mass is 10.0. The molecule has 0 bridgehead atoms. The van der Waals surface area contributed by atoms with Crippen LogP contribution in [0.25, 0.3) is 0 Å². The summed E-state index contributed by atoms with van der Waals surface area (Å²) in [5.41, 5.74) is 2.06. The Bertz CT molecular complexity index is 581. The van der Waals surface area contributed by atoms with Crippen molar-refractivity contribution in [1.82, 2.24) is 5.32 Å². The number of hydrogen-bond donors (Lipinski definition) is 1. The van der Waals surface area contributed by atoms with Crippen LogP contribution in [-0.4, -0.2) is 6.36 Å². The van der Waals surface area contributed by atoms with Crippen molar-refractivity contribution in [3.63, 3.8) is 0 Å². The van der Waals surface area contributed by atoms with Crippen LogP contribution in [0.4, 0.5) is 13.2 Å². The van der Waals surface area contributed by atoms with E-state index in [1.54, 1.807) is 12.1 Å². The van der Waals surface area contributed by atoms with Gasteiger partial charge in [0.15, 0.2) is 0 Å². The summed E-state index contributed by atoms with van der Waals surface area (Å²) in [4.78, 5) is 0. The molecule has 2 nitrogen and oxygen atoms in total. The van der Waals surface area contributed by atoms with Gasteiger partial charge in [-0.25, -0.2) is 0 Å². The number of rotatable bonds is 5. The lowest BCUT2D eigenvalue weighted by Gasteiger charge is -2.21. The van der Waals surface area contributed by atoms with Crippen molar-refractivity contribution in [2.75, 3.05) is 0 Å². The van der Waals surface area contributed by atoms with Gasteiger partial charge in [-0.2, -0.15) is 0 Å². The van der Waals surface area contributed by atoms with E-state index in [4.69, 9.17) is 0 Å². The first kappa shape index (κ1) is 16.4. The zero-order valence-electron chi connectivity index (χ0n) is 12.4. The lowest BCUT2D eigenvalue weighted by Crippen LogP contribution is -2.22. The molecule has 0 saturated heterocycles. The molecule has 0 aliphatic carbocycles. The fourth-order valence-corrected chi connectivity index (χ4v) is 2.27. The Morgan fingerprint density at radius 1 is 0.818 bits per heavy atom. The molecule has 118 valence electrons. The molecule has 0 amide bonds. The smallest absolute Gasteiger partial charge is 0.406 e. The van der Waals surface area contributed by atoms with Crippen LogP contribution in [0, 0.1) is 0 Å². The molecule has 0 fully saturated rings. The van der Waals surface area contributed by atoms with Gasteiger partial charge < -0.3 is 10.1 Å². The number of ether oxygens (including phenoxy) is 1. The number of halogens is 3. The molecule has 2 rings (SSSR count). The third-order valence-corrected chi connectivity index (χ3v) is 3.41. The first-order chi connectivity index (χ1) is 10.3. The maximum absolute atomic E-state index is 12.1. The fourth-order valence-electron chi connectivity index (χ4n) is 2.27. The summed E-state index contributed by atoms with van der Waals surface area (Å²) in [5.74, 6) is -0.209. The second kappa shape index (κ2) is 6.83. The van der Waals surface area contributed by atoms with E-state index >= 15 is 0 Å². The van der Waals surface area contributed by atoms with Crippen molar-refractivity contribution in [3.05, 3.63) is 65.7 Å². The maximum atomic E-state index is 12.1. The predicted octanol–water partition coefficient (Wildman–Crippen LogP) is 5.00. The molecular weight excluding hydrogens is 291 g/mol. The van der Waals surface area contributed by atoms with E-state index in [0.717, 1.165) is 11.1 Å². The van der Waals surface area contributed by atoms with Crippen LogP contribution >= 0.6 is 0 Å². The van der Waals surface area contributed by atoms with Gasteiger partial charge in [-0.3, -0.25) is 0 Å². The van der Waals surface area contributed by atoms with Crippen molar-refractivity contribution < 1.29 is 17.9 Å². The summed E-state index contributed by atoms with van der Waals surface area (Å²) in [7, 11) is 0. The van der Waals surface area contributed by atoms with Crippen LogP contribution in [0.2, 0.25) is 0 Å². The lowest BCUT2D eigenvalue weighted by molar-refractivity contribution is -0.274. The van der Waals surface area contributed by atoms with Crippen molar-refractivity contribution in [3.8, 4) is 5.75 Å². The van der Waals surface area contributed by atoms with Gasteiger partial charge in [0.1, 0.15) is 5.75 Å². The van der Waals surface area contributed by atoms with Gasteiger partial charge in [0.25, 0.3) is 0 Å². The van der Waals surface area contributed by atoms with Crippen LogP contribution in [0.15, 0.2) is 54.6 Å². The van der Waals surface area contributed by atoms with Gasteiger partial charge in [-0.05, 0) is 37.1 Å². The topological polar surface area (TPSA) is 21.3 Å². The second-order valence-electron chi connectivity index (χ2n) is 5.14. The van der Waals surface area contributed by atoms with E-state index in [2.05, 4.69) is 10.1 Å². The highest BCUT2D eigenvalue weighted by Crippen LogP contribution is 2.25. The van der Waals surface area contributed by atoms with Crippen molar-refractivity contribution in [1.29, 1.82) is 0 Å². The van der Waals surface area contributed by atoms with Crippen LogP contribution in [0.3, 0.4) is 0 Å². The third kappa shape index (κ3) is 4.77. The summed E-state index contributed by atoms with van der Waals surface area (Å²) < 4.78 is 40.2. The van der Waals surface area contributed by atoms with Gasteiger partial charge in [0.05, 0.1) is 0 Å². The van der Waals surface area contributed by atoms with Crippen LogP contribution < -0.4 is 10.1 Å². The minimum absolute atomic E-state index is 0.00939. The van der Waals surface area contributed by atoms with Crippen molar-refractivity contribution >= 4 is 0 Å². The van der Waals surface area contributed by atoms with Crippen LogP contribution in [-0.2, 0) is 0 Å². The highest BCUT2D eigenvalue weighted by atomic mass is 19.4. The number of benzene rings is 2. The molecule has 0 aliphatic heterocycles. The molecule has 0 aliphatic rings. The quantitative estimate of drug-likeness (QED) is 0.839.